The molecule has 0 radical (unpaired) electrons. The molecule has 0 aromatic rings. The first kappa shape index (κ1) is 11.4. The Morgan fingerprint density at radius 1 is 1.42 bits per heavy atom. The Kier molecular flexibility index (Phi) is 6.76. The molecule has 0 bridgehead atoms. The predicted molar refractivity (Wildman–Crippen MR) is 46.7 cm³/mol. The van der Waals surface area contributed by atoms with Crippen LogP contribution < -0.4 is 0 Å². The maximum atomic E-state index is 10.5. The third-order valence-electron chi connectivity index (χ3n) is 1.43. The summed E-state index contributed by atoms with van der Waals surface area (Å²) in [6.07, 6.45) is 2.46. The molecule has 0 heterocycles. The van der Waals surface area contributed by atoms with E-state index in [1.165, 1.54) is 6.92 Å². The second-order valence-electron chi connectivity index (χ2n) is 2.67. The van der Waals surface area contributed by atoms with Crippen molar-refractivity contribution in [2.75, 3.05) is 6.61 Å². The molecule has 3 heteroatoms. The van der Waals surface area contributed by atoms with Crippen molar-refractivity contribution >= 4 is 5.97 Å². The summed E-state index contributed by atoms with van der Waals surface area (Å²) in [4.78, 5) is 10.5. The van der Waals surface area contributed by atoms with Crippen LogP contribution in [0.5, 0.6) is 0 Å². The van der Waals surface area contributed by atoms with Crippen molar-refractivity contribution in [3.05, 3.63) is 0 Å². The third kappa shape index (κ3) is 6.16. The van der Waals surface area contributed by atoms with Crippen LogP contribution in [0.25, 0.3) is 0 Å². The van der Waals surface area contributed by atoms with E-state index >= 15 is 0 Å². The Morgan fingerprint density at radius 3 is 2.50 bits per heavy atom. The minimum atomic E-state index is -0.353. The van der Waals surface area contributed by atoms with Gasteiger partial charge in [-0.15, -0.1) is 0 Å². The van der Waals surface area contributed by atoms with Crippen LogP contribution in [-0.2, 0) is 14.3 Å². The van der Waals surface area contributed by atoms with E-state index in [9.17, 15) is 4.79 Å². The Morgan fingerprint density at radius 2 is 2.08 bits per heavy atom. The van der Waals surface area contributed by atoms with E-state index in [1.54, 1.807) is 0 Å². The molecule has 12 heavy (non-hydrogen) atoms. The lowest BCUT2D eigenvalue weighted by Crippen LogP contribution is -2.19. The zero-order valence-corrected chi connectivity index (χ0v) is 8.13. The van der Waals surface area contributed by atoms with Crippen molar-refractivity contribution < 1.29 is 14.3 Å². The van der Waals surface area contributed by atoms with Gasteiger partial charge in [0.1, 0.15) is 0 Å². The lowest BCUT2D eigenvalue weighted by atomic mass is 10.3. The van der Waals surface area contributed by atoms with Gasteiger partial charge in [0.15, 0.2) is 0 Å². The molecule has 0 aliphatic rings. The molecule has 72 valence electrons. The van der Waals surface area contributed by atoms with Crippen molar-refractivity contribution in [2.24, 2.45) is 0 Å². The van der Waals surface area contributed by atoms with E-state index in [0.29, 0.717) is 13.0 Å². The first-order valence-corrected chi connectivity index (χ1v) is 4.49. The summed E-state index contributed by atoms with van der Waals surface area (Å²) in [5.41, 5.74) is 0. The van der Waals surface area contributed by atoms with Crippen LogP contribution in [0.4, 0.5) is 0 Å². The van der Waals surface area contributed by atoms with Gasteiger partial charge in [0, 0.05) is 13.3 Å². The highest BCUT2D eigenvalue weighted by atomic mass is 16.7. The molecule has 3 nitrogen and oxygen atoms in total. The van der Waals surface area contributed by atoms with Gasteiger partial charge >= 0.3 is 5.97 Å². The summed E-state index contributed by atoms with van der Waals surface area (Å²) in [5, 5.41) is 0. The molecule has 0 N–H and O–H groups in total. The number of esters is 1. The standard InChI is InChI=1S/C9H18O3/c1-4-6-7-11-9(5-2)12-8(3)10/h9H,4-7H2,1-3H3. The second kappa shape index (κ2) is 7.10. The molecule has 0 aliphatic carbocycles. The normalized spacial score (nSPS) is 12.6. The lowest BCUT2D eigenvalue weighted by molar-refractivity contribution is -0.176. The van der Waals surface area contributed by atoms with E-state index in [2.05, 4.69) is 6.92 Å². The van der Waals surface area contributed by atoms with Crippen molar-refractivity contribution in [3.63, 3.8) is 0 Å². The summed E-state index contributed by atoms with van der Waals surface area (Å²) in [7, 11) is 0. The maximum absolute atomic E-state index is 10.5. The molecule has 1 atom stereocenters. The van der Waals surface area contributed by atoms with Crippen molar-refractivity contribution in [2.45, 2.75) is 46.3 Å². The van der Waals surface area contributed by atoms with Crippen molar-refractivity contribution in [1.29, 1.82) is 0 Å². The zero-order valence-electron chi connectivity index (χ0n) is 8.13. The molecule has 0 aliphatic heterocycles. The molecular formula is C9H18O3. The van der Waals surface area contributed by atoms with Gasteiger partial charge in [-0.1, -0.05) is 20.3 Å². The van der Waals surface area contributed by atoms with E-state index in [0.717, 1.165) is 12.8 Å². The number of carbonyl (C=O) groups excluding carboxylic acids is 1. The summed E-state index contributed by atoms with van der Waals surface area (Å²) in [5.74, 6) is -0.279. The summed E-state index contributed by atoms with van der Waals surface area (Å²) in [6.45, 7) is 6.09. The number of rotatable bonds is 6. The Hall–Kier alpha value is -0.570. The minimum Gasteiger partial charge on any atom is -0.436 e. The van der Waals surface area contributed by atoms with E-state index in [1.807, 2.05) is 6.92 Å². The lowest BCUT2D eigenvalue weighted by Gasteiger charge is -2.15. The van der Waals surface area contributed by atoms with Gasteiger partial charge in [-0.05, 0) is 6.42 Å². The molecule has 0 rings (SSSR count). The van der Waals surface area contributed by atoms with Crippen LogP contribution in [0, 0.1) is 0 Å². The average molecular weight is 174 g/mol. The van der Waals surface area contributed by atoms with Crippen molar-refractivity contribution in [3.8, 4) is 0 Å². The topological polar surface area (TPSA) is 35.5 Å². The number of hydrogen-bond donors (Lipinski definition) is 0. The van der Waals surface area contributed by atoms with Gasteiger partial charge in [0.25, 0.3) is 0 Å². The number of unbranched alkanes of at least 4 members (excludes halogenated alkanes) is 1. The van der Waals surface area contributed by atoms with Gasteiger partial charge in [-0.25, -0.2) is 0 Å². The SMILES string of the molecule is CCCCOC(CC)OC(C)=O. The first-order chi connectivity index (χ1) is 5.70. The van der Waals surface area contributed by atoms with Gasteiger partial charge in [-0.3, -0.25) is 4.79 Å². The van der Waals surface area contributed by atoms with E-state index in [4.69, 9.17) is 9.47 Å². The van der Waals surface area contributed by atoms with Gasteiger partial charge in [0.05, 0.1) is 6.61 Å². The molecule has 0 aromatic heterocycles. The Labute approximate surface area is 74.0 Å². The molecule has 0 aromatic carbocycles. The largest absolute Gasteiger partial charge is 0.436 e. The van der Waals surface area contributed by atoms with Crippen LogP contribution in [-0.4, -0.2) is 18.9 Å². The fourth-order valence-corrected chi connectivity index (χ4v) is 0.779. The highest BCUT2D eigenvalue weighted by Crippen LogP contribution is 2.02. The first-order valence-electron chi connectivity index (χ1n) is 4.49. The van der Waals surface area contributed by atoms with Gasteiger partial charge < -0.3 is 9.47 Å². The smallest absolute Gasteiger partial charge is 0.304 e. The highest BCUT2D eigenvalue weighted by molar-refractivity contribution is 5.66. The fraction of sp³-hybridized carbons (Fsp3) is 0.889. The van der Waals surface area contributed by atoms with Crippen LogP contribution in [0.15, 0.2) is 0 Å². The summed E-state index contributed by atoms with van der Waals surface area (Å²) in [6, 6.07) is 0. The number of hydrogen-bond acceptors (Lipinski definition) is 3. The van der Waals surface area contributed by atoms with E-state index < -0.39 is 0 Å². The van der Waals surface area contributed by atoms with Crippen LogP contribution >= 0.6 is 0 Å². The molecule has 0 fully saturated rings. The highest BCUT2D eigenvalue weighted by Gasteiger charge is 2.08. The molecule has 0 saturated heterocycles. The predicted octanol–water partition coefficient (Wildman–Crippen LogP) is 2.10. The number of ether oxygens (including phenoxy) is 2. The molecule has 0 spiro atoms. The minimum absolute atomic E-state index is 0.279. The molecule has 1 unspecified atom stereocenters. The Balaban J connectivity index is 3.46. The average Bonchev–Trinajstić information content (AvgIpc) is 2.02. The maximum Gasteiger partial charge on any atom is 0.304 e. The van der Waals surface area contributed by atoms with Crippen LogP contribution in [0.3, 0.4) is 0 Å². The van der Waals surface area contributed by atoms with Crippen LogP contribution in [0.1, 0.15) is 40.0 Å². The Bertz CT molecular complexity index is 123. The molecule has 0 amide bonds. The summed E-state index contributed by atoms with van der Waals surface area (Å²) < 4.78 is 10.2. The monoisotopic (exact) mass is 174 g/mol. The third-order valence-corrected chi connectivity index (χ3v) is 1.43. The molecule has 0 saturated carbocycles. The summed E-state index contributed by atoms with van der Waals surface area (Å²) >= 11 is 0. The second-order valence-corrected chi connectivity index (χ2v) is 2.67. The van der Waals surface area contributed by atoms with Crippen LogP contribution in [0.2, 0.25) is 0 Å². The quantitative estimate of drug-likeness (QED) is 0.351. The zero-order chi connectivity index (χ0) is 9.40. The fourth-order valence-electron chi connectivity index (χ4n) is 0.779. The van der Waals surface area contributed by atoms with Crippen molar-refractivity contribution in [1.82, 2.24) is 0 Å². The van der Waals surface area contributed by atoms with Gasteiger partial charge in [-0.2, -0.15) is 0 Å². The number of carbonyl (C=O) groups is 1. The molecular weight excluding hydrogens is 156 g/mol. The van der Waals surface area contributed by atoms with Gasteiger partial charge in [0.2, 0.25) is 6.29 Å². The van der Waals surface area contributed by atoms with E-state index in [-0.39, 0.29) is 12.3 Å².